The van der Waals surface area contributed by atoms with Crippen LogP contribution in [0.15, 0.2) is 0 Å². The van der Waals surface area contributed by atoms with E-state index in [1.807, 2.05) is 0 Å². The fourth-order valence-electron chi connectivity index (χ4n) is 3.25. The van der Waals surface area contributed by atoms with Crippen molar-refractivity contribution in [3.05, 3.63) is 0 Å². The summed E-state index contributed by atoms with van der Waals surface area (Å²) >= 11 is 0. The molecule has 0 radical (unpaired) electrons. The highest BCUT2D eigenvalue weighted by atomic mass is 16.5. The molecule has 100 valence electrons. The second kappa shape index (κ2) is 6.19. The van der Waals surface area contributed by atoms with Crippen LogP contribution in [0.4, 0.5) is 0 Å². The standard InChI is InChI=1S/C15H28O2/c1-11(2)13-7-9-17-15(10-13)12(3)14-6-4-5-8-16-14/h11-15H,4-10H2,1-3H3/t12-,13?,14?,15?/m1/s1. The van der Waals surface area contributed by atoms with E-state index in [2.05, 4.69) is 20.8 Å². The summed E-state index contributed by atoms with van der Waals surface area (Å²) in [7, 11) is 0. The summed E-state index contributed by atoms with van der Waals surface area (Å²) < 4.78 is 11.9. The quantitative estimate of drug-likeness (QED) is 0.750. The molecule has 0 N–H and O–H groups in total. The molecule has 3 unspecified atom stereocenters. The Morgan fingerprint density at radius 2 is 1.65 bits per heavy atom. The summed E-state index contributed by atoms with van der Waals surface area (Å²) in [6.45, 7) is 8.91. The van der Waals surface area contributed by atoms with Gasteiger partial charge in [0.05, 0.1) is 12.2 Å². The first-order chi connectivity index (χ1) is 8.18. The maximum absolute atomic E-state index is 5.99. The van der Waals surface area contributed by atoms with Crippen molar-refractivity contribution < 1.29 is 9.47 Å². The topological polar surface area (TPSA) is 18.5 Å². The molecule has 17 heavy (non-hydrogen) atoms. The van der Waals surface area contributed by atoms with E-state index in [0.717, 1.165) is 25.0 Å². The zero-order chi connectivity index (χ0) is 12.3. The summed E-state index contributed by atoms with van der Waals surface area (Å²) in [5, 5.41) is 0. The van der Waals surface area contributed by atoms with Gasteiger partial charge in [0.2, 0.25) is 0 Å². The third-order valence-electron chi connectivity index (χ3n) is 4.69. The molecule has 2 aliphatic heterocycles. The van der Waals surface area contributed by atoms with E-state index in [0.29, 0.717) is 18.1 Å². The Kier molecular flexibility index (Phi) is 4.87. The fraction of sp³-hybridized carbons (Fsp3) is 1.00. The van der Waals surface area contributed by atoms with Gasteiger partial charge in [0.25, 0.3) is 0 Å². The van der Waals surface area contributed by atoms with Crippen LogP contribution in [-0.2, 0) is 9.47 Å². The molecule has 0 aliphatic carbocycles. The number of hydrogen-bond donors (Lipinski definition) is 0. The second-order valence-corrected chi connectivity index (χ2v) is 6.20. The van der Waals surface area contributed by atoms with Crippen molar-refractivity contribution in [2.75, 3.05) is 13.2 Å². The third kappa shape index (κ3) is 3.45. The van der Waals surface area contributed by atoms with Crippen molar-refractivity contribution in [3.8, 4) is 0 Å². The van der Waals surface area contributed by atoms with Crippen LogP contribution in [0.2, 0.25) is 0 Å². The highest BCUT2D eigenvalue weighted by molar-refractivity contribution is 4.82. The molecule has 2 rings (SSSR count). The molecule has 0 aromatic heterocycles. The first kappa shape index (κ1) is 13.4. The Hall–Kier alpha value is -0.0800. The van der Waals surface area contributed by atoms with Crippen molar-refractivity contribution in [2.24, 2.45) is 17.8 Å². The van der Waals surface area contributed by atoms with Gasteiger partial charge >= 0.3 is 0 Å². The molecule has 0 amide bonds. The van der Waals surface area contributed by atoms with Gasteiger partial charge in [-0.15, -0.1) is 0 Å². The molecule has 4 atom stereocenters. The van der Waals surface area contributed by atoms with E-state index >= 15 is 0 Å². The molecule has 0 saturated carbocycles. The highest BCUT2D eigenvalue weighted by Gasteiger charge is 2.33. The van der Waals surface area contributed by atoms with Crippen molar-refractivity contribution in [1.82, 2.24) is 0 Å². The van der Waals surface area contributed by atoms with Gasteiger partial charge in [0.1, 0.15) is 0 Å². The number of ether oxygens (including phenoxy) is 2. The van der Waals surface area contributed by atoms with Crippen LogP contribution in [-0.4, -0.2) is 25.4 Å². The van der Waals surface area contributed by atoms with Gasteiger partial charge < -0.3 is 9.47 Å². The molecule has 0 aromatic carbocycles. The Morgan fingerprint density at radius 1 is 0.882 bits per heavy atom. The first-order valence-corrected chi connectivity index (χ1v) is 7.41. The summed E-state index contributed by atoms with van der Waals surface area (Å²) in [5.41, 5.74) is 0. The summed E-state index contributed by atoms with van der Waals surface area (Å²) in [6.07, 6.45) is 7.15. The van der Waals surface area contributed by atoms with E-state index in [-0.39, 0.29) is 0 Å². The van der Waals surface area contributed by atoms with E-state index in [9.17, 15) is 0 Å². The van der Waals surface area contributed by atoms with Gasteiger partial charge in [-0.3, -0.25) is 0 Å². The Balaban J connectivity index is 1.87. The molecule has 0 spiro atoms. The van der Waals surface area contributed by atoms with Gasteiger partial charge in [-0.1, -0.05) is 20.8 Å². The molecule has 2 nitrogen and oxygen atoms in total. The predicted molar refractivity (Wildman–Crippen MR) is 70.1 cm³/mol. The lowest BCUT2D eigenvalue weighted by molar-refractivity contribution is -0.103. The van der Waals surface area contributed by atoms with Gasteiger partial charge in [0, 0.05) is 19.1 Å². The number of rotatable bonds is 3. The summed E-state index contributed by atoms with van der Waals surface area (Å²) in [4.78, 5) is 0. The molecule has 0 aromatic rings. The molecule has 0 bridgehead atoms. The van der Waals surface area contributed by atoms with Gasteiger partial charge in [-0.2, -0.15) is 0 Å². The van der Waals surface area contributed by atoms with Gasteiger partial charge in [-0.25, -0.2) is 0 Å². The van der Waals surface area contributed by atoms with Crippen molar-refractivity contribution in [2.45, 2.75) is 65.1 Å². The van der Waals surface area contributed by atoms with Crippen LogP contribution >= 0.6 is 0 Å². The van der Waals surface area contributed by atoms with E-state index in [4.69, 9.17) is 9.47 Å². The normalized spacial score (nSPS) is 37.1. The second-order valence-electron chi connectivity index (χ2n) is 6.20. The van der Waals surface area contributed by atoms with Crippen LogP contribution in [0, 0.1) is 17.8 Å². The summed E-state index contributed by atoms with van der Waals surface area (Å²) in [5.74, 6) is 2.21. The van der Waals surface area contributed by atoms with Crippen molar-refractivity contribution >= 4 is 0 Å². The largest absolute Gasteiger partial charge is 0.378 e. The maximum Gasteiger partial charge on any atom is 0.0628 e. The lowest BCUT2D eigenvalue weighted by atomic mass is 9.80. The lowest BCUT2D eigenvalue weighted by Crippen LogP contribution is -2.40. The molecule has 2 heterocycles. The van der Waals surface area contributed by atoms with Crippen LogP contribution < -0.4 is 0 Å². The zero-order valence-electron chi connectivity index (χ0n) is 11.7. The van der Waals surface area contributed by atoms with Crippen LogP contribution in [0.25, 0.3) is 0 Å². The molecule has 2 fully saturated rings. The smallest absolute Gasteiger partial charge is 0.0628 e. The Bertz CT molecular complexity index is 221. The average molecular weight is 240 g/mol. The van der Waals surface area contributed by atoms with Gasteiger partial charge in [0.15, 0.2) is 0 Å². The lowest BCUT2D eigenvalue weighted by Gasteiger charge is -2.39. The Labute approximate surface area is 106 Å². The minimum absolute atomic E-state index is 0.430. The van der Waals surface area contributed by atoms with Gasteiger partial charge in [-0.05, 0) is 43.9 Å². The van der Waals surface area contributed by atoms with Crippen LogP contribution in [0.5, 0.6) is 0 Å². The average Bonchev–Trinajstić information content (AvgIpc) is 2.39. The van der Waals surface area contributed by atoms with E-state index in [1.165, 1.54) is 32.1 Å². The van der Waals surface area contributed by atoms with Crippen LogP contribution in [0.1, 0.15) is 52.9 Å². The highest BCUT2D eigenvalue weighted by Crippen LogP contribution is 2.33. The molecular weight excluding hydrogens is 212 g/mol. The number of hydrogen-bond acceptors (Lipinski definition) is 2. The van der Waals surface area contributed by atoms with E-state index in [1.54, 1.807) is 0 Å². The fourth-order valence-corrected chi connectivity index (χ4v) is 3.25. The first-order valence-electron chi connectivity index (χ1n) is 7.41. The zero-order valence-corrected chi connectivity index (χ0v) is 11.7. The molecular formula is C15H28O2. The predicted octanol–water partition coefficient (Wildman–Crippen LogP) is 3.64. The monoisotopic (exact) mass is 240 g/mol. The van der Waals surface area contributed by atoms with E-state index < -0.39 is 0 Å². The molecule has 2 saturated heterocycles. The molecule has 2 aliphatic rings. The van der Waals surface area contributed by atoms with Crippen LogP contribution in [0.3, 0.4) is 0 Å². The molecule has 2 heteroatoms. The minimum atomic E-state index is 0.430. The minimum Gasteiger partial charge on any atom is -0.378 e. The third-order valence-corrected chi connectivity index (χ3v) is 4.69. The SMILES string of the molecule is CC(C)C1CCOC([C@H](C)C2CCCCO2)C1. The van der Waals surface area contributed by atoms with Crippen molar-refractivity contribution in [1.29, 1.82) is 0 Å². The summed E-state index contributed by atoms with van der Waals surface area (Å²) in [6, 6.07) is 0. The maximum atomic E-state index is 5.99. The Morgan fingerprint density at radius 3 is 2.29 bits per heavy atom. The van der Waals surface area contributed by atoms with Crippen molar-refractivity contribution in [3.63, 3.8) is 0 Å².